The van der Waals surface area contributed by atoms with Gasteiger partial charge in [0.1, 0.15) is 0 Å². The Hall–Kier alpha value is -2.70. The first-order chi connectivity index (χ1) is 17.2. The Bertz CT molecular complexity index is 1050. The summed E-state index contributed by atoms with van der Waals surface area (Å²) in [7, 11) is 0. The molecule has 2 amide bonds. The van der Waals surface area contributed by atoms with Crippen molar-refractivity contribution in [3.8, 4) is 0 Å². The number of nitrogens with zero attached hydrogens (tertiary/aromatic N) is 2. The number of piperazine rings is 1. The van der Waals surface area contributed by atoms with Crippen molar-refractivity contribution in [2.45, 2.75) is 65.1 Å². The molecule has 0 saturated carbocycles. The molecule has 36 heavy (non-hydrogen) atoms. The summed E-state index contributed by atoms with van der Waals surface area (Å²) in [6.45, 7) is 13.3. The summed E-state index contributed by atoms with van der Waals surface area (Å²) in [5.74, 6) is 0.576. The molecule has 6 heteroatoms. The lowest BCUT2D eigenvalue weighted by molar-refractivity contribution is -0.129. The molecule has 0 aromatic heterocycles. The van der Waals surface area contributed by atoms with E-state index in [-0.39, 0.29) is 35.4 Å². The molecule has 2 fully saturated rings. The lowest BCUT2D eigenvalue weighted by Gasteiger charge is -2.51. The average molecular weight is 491 g/mol. The second-order valence-electron chi connectivity index (χ2n) is 11.6. The Balaban J connectivity index is 1.45. The number of carbonyl (C=O) groups excluding carboxylic acids is 2. The van der Waals surface area contributed by atoms with E-state index in [1.807, 2.05) is 41.3 Å². The van der Waals surface area contributed by atoms with Gasteiger partial charge in [0.2, 0.25) is 11.8 Å². The molecular formula is C30H42N4O2. The number of para-hydroxylation sites is 1. The molecule has 2 heterocycles. The summed E-state index contributed by atoms with van der Waals surface area (Å²) in [6, 6.07) is 18.5. The van der Waals surface area contributed by atoms with Crippen molar-refractivity contribution in [1.82, 2.24) is 15.5 Å². The highest BCUT2D eigenvalue weighted by Crippen LogP contribution is 2.32. The Kier molecular flexibility index (Phi) is 8.16. The van der Waals surface area contributed by atoms with E-state index in [1.54, 1.807) is 0 Å². The van der Waals surface area contributed by atoms with Crippen LogP contribution >= 0.6 is 0 Å². The highest BCUT2D eigenvalue weighted by molar-refractivity contribution is 5.96. The van der Waals surface area contributed by atoms with Gasteiger partial charge in [-0.3, -0.25) is 14.5 Å². The number of rotatable bonds is 7. The molecule has 194 valence electrons. The van der Waals surface area contributed by atoms with Gasteiger partial charge in [0.15, 0.2) is 0 Å². The van der Waals surface area contributed by atoms with Crippen LogP contribution in [0.4, 0.5) is 5.69 Å². The van der Waals surface area contributed by atoms with Crippen LogP contribution in [0, 0.1) is 18.8 Å². The van der Waals surface area contributed by atoms with Crippen LogP contribution < -0.4 is 15.5 Å². The number of carbonyl (C=O) groups is 2. The Labute approximate surface area is 216 Å². The summed E-state index contributed by atoms with van der Waals surface area (Å²) in [5.41, 5.74) is 3.05. The maximum atomic E-state index is 13.4. The highest BCUT2D eigenvalue weighted by atomic mass is 16.2. The molecular weight excluding hydrogens is 448 g/mol. The summed E-state index contributed by atoms with van der Waals surface area (Å²) >= 11 is 0. The van der Waals surface area contributed by atoms with Gasteiger partial charge in [0.25, 0.3) is 0 Å². The van der Waals surface area contributed by atoms with Crippen LogP contribution in [-0.2, 0) is 9.59 Å². The number of benzene rings is 2. The molecule has 3 atom stereocenters. The van der Waals surface area contributed by atoms with Gasteiger partial charge in [-0.1, -0.05) is 62.4 Å². The summed E-state index contributed by atoms with van der Waals surface area (Å²) < 4.78 is 0. The molecule has 2 aromatic rings. The predicted octanol–water partition coefficient (Wildman–Crippen LogP) is 4.30. The molecule has 2 aliphatic rings. The van der Waals surface area contributed by atoms with Gasteiger partial charge in [0.05, 0.1) is 18.5 Å². The van der Waals surface area contributed by atoms with Gasteiger partial charge in [-0.05, 0) is 56.7 Å². The molecule has 2 aromatic carbocycles. The van der Waals surface area contributed by atoms with Crippen molar-refractivity contribution in [3.63, 3.8) is 0 Å². The minimum atomic E-state index is -0.203. The van der Waals surface area contributed by atoms with Gasteiger partial charge >= 0.3 is 0 Å². The van der Waals surface area contributed by atoms with Crippen molar-refractivity contribution >= 4 is 17.5 Å². The average Bonchev–Trinajstić information content (AvgIpc) is 2.85. The van der Waals surface area contributed by atoms with Gasteiger partial charge in [-0.2, -0.15) is 0 Å². The third-order valence-electron chi connectivity index (χ3n) is 7.70. The first-order valence-electron chi connectivity index (χ1n) is 13.3. The fraction of sp³-hybridized carbons (Fsp3) is 0.533. The summed E-state index contributed by atoms with van der Waals surface area (Å²) in [5, 5.41) is 6.84. The van der Waals surface area contributed by atoms with Crippen LogP contribution in [0.1, 0.15) is 57.7 Å². The molecule has 0 radical (unpaired) electrons. The quantitative estimate of drug-likeness (QED) is 0.607. The van der Waals surface area contributed by atoms with E-state index in [2.05, 4.69) is 68.4 Å². The Morgan fingerprint density at radius 3 is 2.47 bits per heavy atom. The normalized spacial score (nSPS) is 23.5. The zero-order valence-corrected chi connectivity index (χ0v) is 22.5. The minimum absolute atomic E-state index is 0.00903. The van der Waals surface area contributed by atoms with Crippen LogP contribution in [-0.4, -0.2) is 54.5 Å². The predicted molar refractivity (Wildman–Crippen MR) is 146 cm³/mol. The molecule has 2 N–H and O–H groups in total. The molecule has 0 aliphatic carbocycles. The second kappa shape index (κ2) is 11.1. The van der Waals surface area contributed by atoms with Crippen molar-refractivity contribution < 1.29 is 9.59 Å². The third kappa shape index (κ3) is 5.98. The van der Waals surface area contributed by atoms with E-state index < -0.39 is 0 Å². The fourth-order valence-electron chi connectivity index (χ4n) is 5.80. The van der Waals surface area contributed by atoms with E-state index >= 15 is 0 Å². The standard InChI is InChI=1S/C30H42N4O2/c1-21(2)15-26(23-12-7-6-8-13-23)32-29(36)24-16-25(18-31-17-24)34-19-28(35)33(20-30(34,4)5)27-14-10-9-11-22(27)3/h6-14,21,24-26,31H,15-20H2,1-5H3,(H,32,36)/t24-,25+,26?/m0/s1. The number of nitrogens with one attached hydrogen (secondary N) is 2. The first kappa shape index (κ1) is 26.4. The lowest BCUT2D eigenvalue weighted by atomic mass is 9.88. The van der Waals surface area contributed by atoms with Crippen LogP contribution in [0.3, 0.4) is 0 Å². The van der Waals surface area contributed by atoms with E-state index in [9.17, 15) is 9.59 Å². The molecule has 2 saturated heterocycles. The van der Waals surface area contributed by atoms with Crippen molar-refractivity contribution in [1.29, 1.82) is 0 Å². The van der Waals surface area contributed by atoms with Gasteiger partial charge in [-0.25, -0.2) is 0 Å². The zero-order chi connectivity index (χ0) is 25.9. The molecule has 2 aliphatic heterocycles. The van der Waals surface area contributed by atoms with Crippen LogP contribution in [0.25, 0.3) is 0 Å². The summed E-state index contributed by atoms with van der Waals surface area (Å²) in [6.07, 6.45) is 1.66. The summed E-state index contributed by atoms with van der Waals surface area (Å²) in [4.78, 5) is 31.0. The smallest absolute Gasteiger partial charge is 0.241 e. The van der Waals surface area contributed by atoms with E-state index in [4.69, 9.17) is 0 Å². The lowest BCUT2D eigenvalue weighted by Crippen LogP contribution is -2.67. The maximum Gasteiger partial charge on any atom is 0.241 e. The Morgan fingerprint density at radius 2 is 1.78 bits per heavy atom. The molecule has 0 bridgehead atoms. The van der Waals surface area contributed by atoms with Gasteiger partial charge in [0, 0.05) is 36.9 Å². The fourth-order valence-corrected chi connectivity index (χ4v) is 5.80. The minimum Gasteiger partial charge on any atom is -0.349 e. The van der Waals surface area contributed by atoms with E-state index in [0.29, 0.717) is 25.6 Å². The van der Waals surface area contributed by atoms with E-state index in [1.165, 1.54) is 0 Å². The number of hydrogen-bond donors (Lipinski definition) is 2. The topological polar surface area (TPSA) is 64.7 Å². The van der Waals surface area contributed by atoms with Gasteiger partial charge < -0.3 is 15.5 Å². The third-order valence-corrected chi connectivity index (χ3v) is 7.70. The molecule has 4 rings (SSSR count). The highest BCUT2D eigenvalue weighted by Gasteiger charge is 2.44. The number of aryl methyl sites for hydroxylation is 1. The van der Waals surface area contributed by atoms with Crippen LogP contribution in [0.2, 0.25) is 0 Å². The SMILES string of the molecule is Cc1ccccc1N1CC(C)(C)N([C@H]2CNC[C@@H](C(=O)NC(CC(C)C)c3ccccc3)C2)CC1=O. The first-order valence-corrected chi connectivity index (χ1v) is 13.3. The van der Waals surface area contributed by atoms with Crippen molar-refractivity contribution in [2.75, 3.05) is 31.1 Å². The number of amides is 2. The maximum absolute atomic E-state index is 13.4. The van der Waals surface area contributed by atoms with Crippen molar-refractivity contribution in [3.05, 3.63) is 65.7 Å². The van der Waals surface area contributed by atoms with Crippen LogP contribution in [0.15, 0.2) is 54.6 Å². The molecule has 1 unspecified atom stereocenters. The largest absolute Gasteiger partial charge is 0.349 e. The van der Waals surface area contributed by atoms with E-state index in [0.717, 1.165) is 36.2 Å². The zero-order valence-electron chi connectivity index (χ0n) is 22.5. The number of hydrogen-bond acceptors (Lipinski definition) is 4. The molecule has 0 spiro atoms. The molecule has 6 nitrogen and oxygen atoms in total. The monoisotopic (exact) mass is 490 g/mol. The van der Waals surface area contributed by atoms with Gasteiger partial charge in [-0.15, -0.1) is 0 Å². The number of anilines is 1. The second-order valence-corrected chi connectivity index (χ2v) is 11.6. The Morgan fingerprint density at radius 1 is 1.08 bits per heavy atom. The van der Waals surface area contributed by atoms with Crippen molar-refractivity contribution in [2.24, 2.45) is 11.8 Å². The number of piperidine rings is 1. The van der Waals surface area contributed by atoms with Crippen LogP contribution in [0.5, 0.6) is 0 Å².